The molecule has 6 atom stereocenters. The summed E-state index contributed by atoms with van der Waals surface area (Å²) in [6.07, 6.45) is 13.1. The minimum Gasteiger partial charge on any atom is -0.356 e. The standard InChI is InChI=1S/C34H44N8O4S2/c35-17-25-11-12-30-26(15-25)19-42(28(16-24-7-2-1-3-8-24)21-41(30)20-27-18-36-23-38-27)48(45,46)14-6-13-37-32(43)10-5-4-9-31-33-29(22-47-31)39-34(44)40-33/h1-3,7-8,11-12,15,18,23,26,28-31,33H,4-6,9-10,13-14,16,19-22H2,(H,36,38)(H,37,43)(H2,39,40,44)/t26?,28-,29+,30?,31?,33+/m1/s1. The van der Waals surface area contributed by atoms with Crippen LogP contribution in [-0.4, -0.2) is 100 Å². The largest absolute Gasteiger partial charge is 0.356 e. The molecule has 3 unspecified atom stereocenters. The van der Waals surface area contributed by atoms with E-state index in [2.05, 4.69) is 36.9 Å². The van der Waals surface area contributed by atoms with E-state index < -0.39 is 10.0 Å². The Balaban J connectivity index is 1.06. The number of urea groups is 1. The van der Waals surface area contributed by atoms with E-state index in [1.54, 1.807) is 10.6 Å². The number of allylic oxidation sites excluding steroid dienone is 2. The molecule has 14 heteroatoms. The van der Waals surface area contributed by atoms with Gasteiger partial charge in [-0.2, -0.15) is 21.3 Å². The average Bonchev–Trinajstić information content (AvgIpc) is 3.80. The Hall–Kier alpha value is -3.64. The molecule has 0 radical (unpaired) electrons. The topological polar surface area (TPSA) is 163 Å². The summed E-state index contributed by atoms with van der Waals surface area (Å²) in [5.74, 6) is 0.563. The molecule has 4 aliphatic rings. The molecular formula is C34H44N8O4S2. The number of nitriles is 1. The normalized spacial score (nSPS) is 27.2. The van der Waals surface area contributed by atoms with Crippen molar-refractivity contribution in [3.8, 4) is 6.07 Å². The smallest absolute Gasteiger partial charge is 0.315 e. The SMILES string of the molecule is N#CC1=CC2CN(S(=O)(=O)CCCNC(=O)CCCCC3SC[C@@H]4NC(=O)N[C@H]34)[C@H](Cc3ccccc3)CN(Cc3c[nH]cn3)C2C=C1. The highest BCUT2D eigenvalue weighted by Gasteiger charge is 2.43. The van der Waals surface area contributed by atoms with Crippen LogP contribution < -0.4 is 16.0 Å². The fourth-order valence-corrected chi connectivity index (χ4v) is 10.6. The second kappa shape index (κ2) is 15.7. The van der Waals surface area contributed by atoms with Crippen molar-refractivity contribution in [2.45, 2.75) is 74.5 Å². The number of aromatic nitrogens is 2. The number of benzene rings is 1. The number of hydrogen-bond donors (Lipinski definition) is 4. The summed E-state index contributed by atoms with van der Waals surface area (Å²) in [5, 5.41) is 18.9. The maximum Gasteiger partial charge on any atom is 0.315 e. The number of carbonyl (C=O) groups is 2. The number of nitrogens with one attached hydrogen (secondary N) is 4. The molecule has 48 heavy (non-hydrogen) atoms. The van der Waals surface area contributed by atoms with Crippen molar-refractivity contribution in [1.29, 1.82) is 5.26 Å². The third-order valence-electron chi connectivity index (χ3n) is 9.67. The first-order valence-electron chi connectivity index (χ1n) is 16.8. The van der Waals surface area contributed by atoms with E-state index in [0.717, 1.165) is 36.3 Å². The number of rotatable bonds is 14. The van der Waals surface area contributed by atoms with Crippen LogP contribution in [0.4, 0.5) is 4.79 Å². The molecule has 3 fully saturated rings. The number of nitrogens with zero attached hydrogens (tertiary/aromatic N) is 4. The molecule has 1 aliphatic carbocycles. The van der Waals surface area contributed by atoms with Gasteiger partial charge in [-0.05, 0) is 37.3 Å². The second-order valence-corrected chi connectivity index (χ2v) is 16.4. The predicted octanol–water partition coefficient (Wildman–Crippen LogP) is 2.71. The Labute approximate surface area is 286 Å². The van der Waals surface area contributed by atoms with E-state index in [4.69, 9.17) is 0 Å². The second-order valence-electron chi connectivity index (χ2n) is 13.0. The van der Waals surface area contributed by atoms with E-state index in [9.17, 15) is 23.3 Å². The van der Waals surface area contributed by atoms with Crippen LogP contribution >= 0.6 is 11.8 Å². The van der Waals surface area contributed by atoms with Crippen LogP contribution in [-0.2, 0) is 27.8 Å². The van der Waals surface area contributed by atoms with E-state index in [0.29, 0.717) is 43.2 Å². The Morgan fingerprint density at radius 1 is 1.15 bits per heavy atom. The lowest BCUT2D eigenvalue weighted by Crippen LogP contribution is -2.47. The predicted molar refractivity (Wildman–Crippen MR) is 185 cm³/mol. The van der Waals surface area contributed by atoms with Crippen molar-refractivity contribution in [3.05, 3.63) is 77.9 Å². The number of hydrogen-bond acceptors (Lipinski definition) is 8. The number of H-pyrrole nitrogens is 1. The third-order valence-corrected chi connectivity index (χ3v) is 13.1. The highest BCUT2D eigenvalue weighted by molar-refractivity contribution is 8.00. The lowest BCUT2D eigenvalue weighted by atomic mass is 9.91. The zero-order chi connectivity index (χ0) is 33.5. The highest BCUT2D eigenvalue weighted by Crippen LogP contribution is 2.34. The Kier molecular flexibility index (Phi) is 11.2. The summed E-state index contributed by atoms with van der Waals surface area (Å²) in [5.41, 5.74) is 2.46. The van der Waals surface area contributed by atoms with Gasteiger partial charge >= 0.3 is 6.03 Å². The molecule has 1 aromatic heterocycles. The summed E-state index contributed by atoms with van der Waals surface area (Å²) in [6.45, 7) is 1.60. The van der Waals surface area contributed by atoms with Crippen LogP contribution in [0.25, 0.3) is 0 Å². The van der Waals surface area contributed by atoms with E-state index >= 15 is 0 Å². The van der Waals surface area contributed by atoms with Crippen LogP contribution in [0, 0.1) is 17.2 Å². The molecule has 0 saturated carbocycles. The van der Waals surface area contributed by atoms with Crippen LogP contribution in [0.5, 0.6) is 0 Å². The van der Waals surface area contributed by atoms with E-state index in [1.165, 1.54) is 0 Å². The van der Waals surface area contributed by atoms with Crippen LogP contribution in [0.2, 0.25) is 0 Å². The number of carbonyl (C=O) groups excluding carboxylic acids is 2. The minimum atomic E-state index is -3.72. The summed E-state index contributed by atoms with van der Waals surface area (Å²) in [4.78, 5) is 33.9. The van der Waals surface area contributed by atoms with Gasteiger partial charge in [-0.3, -0.25) is 9.69 Å². The molecule has 4 heterocycles. The van der Waals surface area contributed by atoms with Gasteiger partial charge in [0.15, 0.2) is 0 Å². The van der Waals surface area contributed by atoms with Gasteiger partial charge in [-0.15, -0.1) is 0 Å². The number of imidazole rings is 1. The Morgan fingerprint density at radius 3 is 2.79 bits per heavy atom. The van der Waals surface area contributed by atoms with Crippen molar-refractivity contribution in [1.82, 2.24) is 35.1 Å². The van der Waals surface area contributed by atoms with Gasteiger partial charge in [-0.25, -0.2) is 18.2 Å². The molecule has 2 aromatic rings. The zero-order valence-corrected chi connectivity index (χ0v) is 28.6. The Bertz CT molecular complexity index is 1630. The molecule has 3 saturated heterocycles. The van der Waals surface area contributed by atoms with Crippen LogP contribution in [0.3, 0.4) is 0 Å². The van der Waals surface area contributed by atoms with Crippen LogP contribution in [0.1, 0.15) is 43.4 Å². The maximum atomic E-state index is 14.1. The first-order valence-corrected chi connectivity index (χ1v) is 19.5. The van der Waals surface area contributed by atoms with Crippen molar-refractivity contribution >= 4 is 33.7 Å². The quantitative estimate of drug-likeness (QED) is 0.174. The average molecular weight is 693 g/mol. The summed E-state index contributed by atoms with van der Waals surface area (Å²) in [7, 11) is -3.72. The van der Waals surface area contributed by atoms with Gasteiger partial charge < -0.3 is 20.9 Å². The number of thioether (sulfide) groups is 1. The molecule has 0 bridgehead atoms. The van der Waals surface area contributed by atoms with Crippen molar-refractivity contribution in [2.75, 3.05) is 31.1 Å². The number of amides is 3. The van der Waals surface area contributed by atoms with Crippen molar-refractivity contribution in [2.24, 2.45) is 5.92 Å². The molecule has 1 aromatic carbocycles. The Morgan fingerprint density at radius 2 is 2.00 bits per heavy atom. The van der Waals surface area contributed by atoms with Gasteiger partial charge in [0, 0.05) is 73.4 Å². The van der Waals surface area contributed by atoms with Gasteiger partial charge in [0.25, 0.3) is 0 Å². The molecule has 0 spiro atoms. The van der Waals surface area contributed by atoms with Gasteiger partial charge in [0.2, 0.25) is 15.9 Å². The van der Waals surface area contributed by atoms with Gasteiger partial charge in [0.05, 0.1) is 35.9 Å². The molecular weight excluding hydrogens is 649 g/mol. The minimum absolute atomic E-state index is 0.0723. The lowest BCUT2D eigenvalue weighted by Gasteiger charge is -2.33. The van der Waals surface area contributed by atoms with E-state index in [1.807, 2.05) is 66.5 Å². The van der Waals surface area contributed by atoms with Crippen molar-refractivity contribution in [3.63, 3.8) is 0 Å². The fourth-order valence-electron chi connectivity index (χ4n) is 7.31. The third kappa shape index (κ3) is 8.49. The highest BCUT2D eigenvalue weighted by atomic mass is 32.2. The fraction of sp³-hybridized carbons (Fsp3) is 0.529. The summed E-state index contributed by atoms with van der Waals surface area (Å²) < 4.78 is 29.9. The molecule has 12 nitrogen and oxygen atoms in total. The number of unbranched alkanes of at least 4 members (excludes halogenated alkanes) is 1. The summed E-state index contributed by atoms with van der Waals surface area (Å²) >= 11 is 1.87. The monoisotopic (exact) mass is 692 g/mol. The lowest BCUT2D eigenvalue weighted by molar-refractivity contribution is -0.121. The van der Waals surface area contributed by atoms with Crippen LogP contribution in [0.15, 0.2) is 66.7 Å². The molecule has 256 valence electrons. The number of fused-ring (bicyclic) bond motifs is 2. The van der Waals surface area contributed by atoms with Crippen molar-refractivity contribution < 1.29 is 18.0 Å². The maximum absolute atomic E-state index is 14.1. The van der Waals surface area contributed by atoms with Gasteiger partial charge in [-0.1, -0.05) is 48.9 Å². The molecule has 3 amide bonds. The zero-order valence-electron chi connectivity index (χ0n) is 27.0. The molecule has 4 N–H and O–H groups in total. The summed E-state index contributed by atoms with van der Waals surface area (Å²) in [6, 6.07) is 12.0. The number of sulfonamides is 1. The first-order chi connectivity index (χ1) is 23.3. The molecule has 6 rings (SSSR count). The number of aromatic amines is 1. The van der Waals surface area contributed by atoms with E-state index in [-0.39, 0.29) is 60.9 Å². The van der Waals surface area contributed by atoms with Gasteiger partial charge in [0.1, 0.15) is 0 Å². The first kappa shape index (κ1) is 34.2. The molecule has 3 aliphatic heterocycles.